The van der Waals surface area contributed by atoms with E-state index in [4.69, 9.17) is 21.6 Å². The smallest absolute Gasteiger partial charge is 0.408 e. The van der Waals surface area contributed by atoms with Gasteiger partial charge in [0.2, 0.25) is 59.1 Å². The van der Waals surface area contributed by atoms with Crippen molar-refractivity contribution in [2.45, 2.75) is 140 Å². The van der Waals surface area contributed by atoms with Gasteiger partial charge in [-0.3, -0.25) is 53.4 Å². The maximum absolute atomic E-state index is 15.0. The maximum atomic E-state index is 15.0. The summed E-state index contributed by atoms with van der Waals surface area (Å²) < 4.78 is 5.45. The molecule has 1 saturated heterocycles. The third-order valence-electron chi connectivity index (χ3n) is 13.2. The molecule has 30 heteroatoms. The summed E-state index contributed by atoms with van der Waals surface area (Å²) in [5.41, 5.74) is 11.3. The maximum Gasteiger partial charge on any atom is 0.408 e. The van der Waals surface area contributed by atoms with Crippen molar-refractivity contribution < 1.29 is 77.9 Å². The Labute approximate surface area is 479 Å². The Hall–Kier alpha value is -8.48. The summed E-state index contributed by atoms with van der Waals surface area (Å²) in [4.78, 5) is 153. The SMILES string of the molecule is CC[C@H](C)[C@@H]1NC(=O)[C@@H](CCCNC(=N)N)NC(=O)[C@H](CC(C)C)NC(=O)[C@H]([C@H](O)C(C)C)NC(=O)[C@@H](NC(=O)OCc2ccccc2)[C@@H](c2ccccc2)NC(=O)[C@H](CO)NC(=O)C([C@H](O)C(N)=O)NC(=O)CNC(=O)[C@H](CO)NC1=O. The van der Waals surface area contributed by atoms with Crippen LogP contribution in [-0.4, -0.2) is 178 Å². The number of ether oxygens (including phenoxy) is 1. The molecule has 1 unspecified atom stereocenters. The zero-order valence-corrected chi connectivity index (χ0v) is 47.1. The van der Waals surface area contributed by atoms with Gasteiger partial charge in [0.15, 0.2) is 12.1 Å². The second-order valence-corrected chi connectivity index (χ2v) is 20.5. The third kappa shape index (κ3) is 22.1. The first-order valence-electron chi connectivity index (χ1n) is 26.9. The van der Waals surface area contributed by atoms with E-state index in [0.29, 0.717) is 5.56 Å². The third-order valence-corrected chi connectivity index (χ3v) is 13.2. The van der Waals surface area contributed by atoms with Gasteiger partial charge in [-0.2, -0.15) is 0 Å². The highest BCUT2D eigenvalue weighted by molar-refractivity contribution is 6.00. The van der Waals surface area contributed by atoms with Crippen LogP contribution in [0.4, 0.5) is 4.79 Å². The number of nitrogens with one attached hydrogen (secondary N) is 12. The predicted molar refractivity (Wildman–Crippen MR) is 296 cm³/mol. The molecule has 3 rings (SSSR count). The molecule has 20 N–H and O–H groups in total. The van der Waals surface area contributed by atoms with E-state index in [0.717, 1.165) is 0 Å². The molecular formula is C53H80N14O16. The van der Waals surface area contributed by atoms with Crippen LogP contribution < -0.4 is 70.0 Å². The number of hydrogen-bond donors (Lipinski definition) is 18. The normalized spacial score (nSPS) is 24.4. The highest BCUT2D eigenvalue weighted by Crippen LogP contribution is 2.20. The Bertz CT molecular complexity index is 2560. The Morgan fingerprint density at radius 1 is 0.651 bits per heavy atom. The van der Waals surface area contributed by atoms with E-state index < -0.39 is 169 Å². The summed E-state index contributed by atoms with van der Waals surface area (Å²) in [7, 11) is 0. The molecule has 2 aromatic carbocycles. The van der Waals surface area contributed by atoms with Crippen LogP contribution in [0.2, 0.25) is 0 Å². The van der Waals surface area contributed by atoms with Crippen molar-refractivity contribution in [3.05, 3.63) is 71.8 Å². The number of nitrogens with two attached hydrogens (primary N) is 2. The van der Waals surface area contributed by atoms with E-state index in [1.54, 1.807) is 64.1 Å². The molecule has 1 aliphatic heterocycles. The summed E-state index contributed by atoms with van der Waals surface area (Å²) in [6, 6.07) is -0.726. The zero-order chi connectivity index (χ0) is 62.1. The minimum atomic E-state index is -2.53. The number of carbonyl (C=O) groups is 11. The number of amides is 11. The van der Waals surface area contributed by atoms with Crippen molar-refractivity contribution in [2.24, 2.45) is 29.2 Å². The molecule has 0 radical (unpaired) electrons. The Morgan fingerprint density at radius 3 is 1.72 bits per heavy atom. The monoisotopic (exact) mass is 1170 g/mol. The Morgan fingerprint density at radius 2 is 1.17 bits per heavy atom. The van der Waals surface area contributed by atoms with Crippen molar-refractivity contribution in [2.75, 3.05) is 26.3 Å². The van der Waals surface area contributed by atoms with Crippen molar-refractivity contribution in [1.29, 1.82) is 5.41 Å². The van der Waals surface area contributed by atoms with Crippen LogP contribution >= 0.6 is 0 Å². The lowest BCUT2D eigenvalue weighted by molar-refractivity contribution is -0.140. The zero-order valence-electron chi connectivity index (χ0n) is 47.1. The van der Waals surface area contributed by atoms with Crippen LogP contribution in [0.5, 0.6) is 0 Å². The number of guanidine groups is 1. The molecule has 0 aromatic heterocycles. The second kappa shape index (κ2) is 34.1. The van der Waals surface area contributed by atoms with Gasteiger partial charge < -0.3 is 95.1 Å². The average Bonchev–Trinajstić information content (AvgIpc) is 3.66. The number of alkyl carbamates (subject to hydrolysis) is 1. The van der Waals surface area contributed by atoms with Crippen molar-refractivity contribution in [3.63, 3.8) is 0 Å². The largest absolute Gasteiger partial charge is 0.445 e. The van der Waals surface area contributed by atoms with Crippen molar-refractivity contribution >= 4 is 71.1 Å². The second-order valence-electron chi connectivity index (χ2n) is 20.5. The fourth-order valence-corrected chi connectivity index (χ4v) is 8.27. The lowest BCUT2D eigenvalue weighted by Gasteiger charge is -2.33. The molecule has 2 aromatic rings. The van der Waals surface area contributed by atoms with Crippen LogP contribution in [0, 0.1) is 23.2 Å². The van der Waals surface area contributed by atoms with Gasteiger partial charge in [-0.1, -0.05) is 109 Å². The van der Waals surface area contributed by atoms with Crippen LogP contribution in [0.3, 0.4) is 0 Å². The lowest BCUT2D eigenvalue weighted by Crippen LogP contribution is -2.64. The van der Waals surface area contributed by atoms with Gasteiger partial charge >= 0.3 is 6.09 Å². The lowest BCUT2D eigenvalue weighted by atomic mass is 9.94. The topological polar surface area (TPSA) is 486 Å². The predicted octanol–water partition coefficient (Wildman–Crippen LogP) is -5.13. The standard InChI is InChI=1S/C53H80N14O16/c1-7-28(6)36-48(78)61-33(23-68)44(74)58-22-35(70)63-40(42(72)43(54)73)51(81)62-34(24-69)47(77)65-37(30-17-12-9-13-18-30)38(67-53(82)83-25-29-15-10-8-11-16-29)49(79)66-39(41(71)27(4)5)50(80)60-32(21-26(2)3)46(76)59-31(45(75)64-36)19-14-20-57-52(55)56/h8-13,15-18,26-28,31-34,36-42,68-69,71-72H,7,14,19-25H2,1-6H3,(H2,54,73)(H,58,74)(H,59,76)(H,60,80)(H,61,78)(H,62,81)(H,63,70)(H,64,75)(H,65,77)(H,66,79)(H,67,82)(H4,55,56,57)/t28-,31+,32-,33-,34-,36-,37+,38-,39-,40?,41+,42-/m0/s1. The first-order chi connectivity index (χ1) is 39.2. The fraction of sp³-hybridized carbons (Fsp3) is 0.547. The van der Waals surface area contributed by atoms with Crippen LogP contribution in [0.1, 0.15) is 84.4 Å². The summed E-state index contributed by atoms with van der Waals surface area (Å²) in [5.74, 6) is -14.4. The van der Waals surface area contributed by atoms with Crippen LogP contribution in [-0.2, 0) is 59.3 Å². The number of rotatable bonds is 18. The van der Waals surface area contributed by atoms with E-state index >= 15 is 0 Å². The van der Waals surface area contributed by atoms with E-state index in [9.17, 15) is 73.2 Å². The van der Waals surface area contributed by atoms with Crippen molar-refractivity contribution in [1.82, 2.24) is 58.5 Å². The number of aliphatic hydroxyl groups excluding tert-OH is 4. The van der Waals surface area contributed by atoms with Gasteiger partial charge in [0.25, 0.3) is 0 Å². The number of hydrogen-bond acceptors (Lipinski definition) is 17. The van der Waals surface area contributed by atoms with E-state index in [2.05, 4.69) is 53.2 Å². The quantitative estimate of drug-likeness (QED) is 0.0377. The molecule has 0 bridgehead atoms. The molecule has 11 amide bonds. The molecule has 1 fully saturated rings. The molecule has 0 spiro atoms. The highest BCUT2D eigenvalue weighted by atomic mass is 16.5. The molecule has 0 saturated carbocycles. The molecular weight excluding hydrogens is 1090 g/mol. The van der Waals surface area contributed by atoms with Gasteiger partial charge in [-0.25, -0.2) is 4.79 Å². The number of carbonyl (C=O) groups excluding carboxylic acids is 11. The molecule has 1 aliphatic rings. The Kier molecular flexibility index (Phi) is 28.2. The van der Waals surface area contributed by atoms with Crippen LogP contribution in [0.25, 0.3) is 0 Å². The minimum Gasteiger partial charge on any atom is -0.445 e. The summed E-state index contributed by atoms with van der Waals surface area (Å²) in [5, 5.41) is 77.0. The molecule has 30 nitrogen and oxygen atoms in total. The first-order valence-corrected chi connectivity index (χ1v) is 26.9. The van der Waals surface area contributed by atoms with Crippen LogP contribution in [0.15, 0.2) is 60.7 Å². The molecule has 83 heavy (non-hydrogen) atoms. The first kappa shape index (κ1) is 68.8. The Balaban J connectivity index is 2.31. The van der Waals surface area contributed by atoms with Gasteiger partial charge in [-0.15, -0.1) is 0 Å². The minimum absolute atomic E-state index is 0.0349. The molecule has 0 aliphatic carbocycles. The number of benzene rings is 2. The molecule has 1 heterocycles. The van der Waals surface area contributed by atoms with E-state index in [1.807, 2.05) is 5.32 Å². The van der Waals surface area contributed by atoms with E-state index in [1.165, 1.54) is 38.1 Å². The van der Waals surface area contributed by atoms with Crippen molar-refractivity contribution in [3.8, 4) is 0 Å². The number of aliphatic hydroxyl groups is 4. The molecule has 12 atom stereocenters. The van der Waals surface area contributed by atoms with Gasteiger partial charge in [-0.05, 0) is 48.1 Å². The number of primary amides is 1. The summed E-state index contributed by atoms with van der Waals surface area (Å²) in [6.45, 7) is 6.01. The average molecular weight is 1170 g/mol. The highest BCUT2D eigenvalue weighted by Gasteiger charge is 2.42. The van der Waals surface area contributed by atoms with Gasteiger partial charge in [0, 0.05) is 6.54 Å². The fourth-order valence-electron chi connectivity index (χ4n) is 8.27. The molecule has 458 valence electrons. The van der Waals surface area contributed by atoms with Gasteiger partial charge in [0.05, 0.1) is 31.9 Å². The summed E-state index contributed by atoms with van der Waals surface area (Å²) >= 11 is 0. The van der Waals surface area contributed by atoms with Gasteiger partial charge in [0.1, 0.15) is 54.9 Å². The van der Waals surface area contributed by atoms with E-state index in [-0.39, 0.29) is 50.3 Å². The summed E-state index contributed by atoms with van der Waals surface area (Å²) in [6.07, 6.45) is -5.47.